The molecule has 1 amide bonds. The minimum absolute atomic E-state index is 0.0296. The fraction of sp³-hybridized carbons (Fsp3) is 0.333. The number of amides is 1. The van der Waals surface area contributed by atoms with Gasteiger partial charge < -0.3 is 4.74 Å². The number of hydrogen-bond donors (Lipinski definition) is 1. The molecule has 1 aromatic rings. The lowest BCUT2D eigenvalue weighted by Gasteiger charge is -2.04. The third-order valence-corrected chi connectivity index (χ3v) is 2.26. The second kappa shape index (κ2) is 6.48. The molecule has 0 aliphatic carbocycles. The SMILES string of the molecule is CCO/C(C)=N/NC(=O)c1cc(C)ccc1[N+](=O)[O-]. The van der Waals surface area contributed by atoms with Crippen LogP contribution in [0.5, 0.6) is 0 Å². The first-order chi connectivity index (χ1) is 8.95. The summed E-state index contributed by atoms with van der Waals surface area (Å²) in [6.45, 7) is 5.53. The summed E-state index contributed by atoms with van der Waals surface area (Å²) in [5.74, 6) is -0.361. The van der Waals surface area contributed by atoms with Gasteiger partial charge in [0.05, 0.1) is 11.5 Å². The van der Waals surface area contributed by atoms with Crippen LogP contribution >= 0.6 is 0 Å². The van der Waals surface area contributed by atoms with Crippen LogP contribution in [0.15, 0.2) is 23.3 Å². The second-order valence-corrected chi connectivity index (χ2v) is 3.78. The van der Waals surface area contributed by atoms with Crippen molar-refractivity contribution in [1.29, 1.82) is 0 Å². The Balaban J connectivity index is 2.96. The molecule has 0 bridgehead atoms. The van der Waals surface area contributed by atoms with Gasteiger partial charge in [0, 0.05) is 13.0 Å². The Morgan fingerprint density at radius 3 is 2.79 bits per heavy atom. The van der Waals surface area contributed by atoms with Crippen molar-refractivity contribution in [2.75, 3.05) is 6.61 Å². The van der Waals surface area contributed by atoms with Crippen molar-refractivity contribution < 1.29 is 14.5 Å². The average molecular weight is 265 g/mol. The molecular weight excluding hydrogens is 250 g/mol. The van der Waals surface area contributed by atoms with E-state index in [0.717, 1.165) is 5.56 Å². The number of nitro benzene ring substituents is 1. The third kappa shape index (κ3) is 4.06. The van der Waals surface area contributed by atoms with Gasteiger partial charge in [0.1, 0.15) is 5.56 Å². The van der Waals surface area contributed by atoms with Crippen LogP contribution < -0.4 is 5.43 Å². The van der Waals surface area contributed by atoms with Crippen molar-refractivity contribution in [2.24, 2.45) is 5.10 Å². The van der Waals surface area contributed by atoms with Gasteiger partial charge in [-0.1, -0.05) is 6.07 Å². The maximum atomic E-state index is 11.9. The number of benzene rings is 1. The van der Waals surface area contributed by atoms with E-state index in [1.54, 1.807) is 26.8 Å². The molecule has 7 heteroatoms. The van der Waals surface area contributed by atoms with Gasteiger partial charge in [0.2, 0.25) is 5.90 Å². The highest BCUT2D eigenvalue weighted by Gasteiger charge is 2.19. The molecule has 0 spiro atoms. The van der Waals surface area contributed by atoms with E-state index >= 15 is 0 Å². The molecule has 7 nitrogen and oxygen atoms in total. The number of nitrogens with one attached hydrogen (secondary N) is 1. The Morgan fingerprint density at radius 2 is 2.21 bits per heavy atom. The summed E-state index contributed by atoms with van der Waals surface area (Å²) < 4.78 is 5.03. The predicted octanol–water partition coefficient (Wildman–Crippen LogP) is 2.00. The van der Waals surface area contributed by atoms with Crippen molar-refractivity contribution in [3.63, 3.8) is 0 Å². The fourth-order valence-electron chi connectivity index (χ4n) is 1.42. The van der Waals surface area contributed by atoms with Gasteiger partial charge in [0.25, 0.3) is 11.6 Å². The monoisotopic (exact) mass is 265 g/mol. The molecule has 102 valence electrons. The summed E-state index contributed by atoms with van der Waals surface area (Å²) in [5, 5.41) is 14.5. The molecule has 0 heterocycles. The Hall–Kier alpha value is -2.44. The van der Waals surface area contributed by atoms with Gasteiger partial charge >= 0.3 is 0 Å². The number of ether oxygens (including phenoxy) is 1. The number of hydrogen-bond acceptors (Lipinski definition) is 5. The Labute approximate surface area is 110 Å². The fourth-order valence-corrected chi connectivity index (χ4v) is 1.42. The van der Waals surface area contributed by atoms with Crippen molar-refractivity contribution in [3.8, 4) is 0 Å². The summed E-state index contributed by atoms with van der Waals surface area (Å²) >= 11 is 0. The molecule has 0 saturated carbocycles. The number of nitrogens with zero attached hydrogens (tertiary/aromatic N) is 2. The topological polar surface area (TPSA) is 93.8 Å². The zero-order valence-corrected chi connectivity index (χ0v) is 11.0. The highest BCUT2D eigenvalue weighted by molar-refractivity contribution is 5.98. The maximum absolute atomic E-state index is 11.9. The average Bonchev–Trinajstić information content (AvgIpc) is 2.35. The van der Waals surface area contributed by atoms with E-state index in [2.05, 4.69) is 10.5 Å². The van der Waals surface area contributed by atoms with Gasteiger partial charge in [0.15, 0.2) is 0 Å². The number of carbonyl (C=O) groups excluding carboxylic acids is 1. The van der Waals surface area contributed by atoms with Gasteiger partial charge in [-0.3, -0.25) is 14.9 Å². The smallest absolute Gasteiger partial charge is 0.282 e. The minimum Gasteiger partial charge on any atom is -0.480 e. The molecule has 1 aromatic carbocycles. The van der Waals surface area contributed by atoms with Crippen molar-refractivity contribution in [1.82, 2.24) is 5.43 Å². The summed E-state index contributed by atoms with van der Waals surface area (Å²) in [4.78, 5) is 22.1. The number of rotatable bonds is 4. The lowest BCUT2D eigenvalue weighted by atomic mass is 10.1. The summed E-state index contributed by atoms with van der Waals surface area (Å²) in [6, 6.07) is 4.31. The van der Waals surface area contributed by atoms with E-state index in [1.165, 1.54) is 12.1 Å². The van der Waals surface area contributed by atoms with Crippen LogP contribution in [0.1, 0.15) is 29.8 Å². The van der Waals surface area contributed by atoms with Crippen LogP contribution in [-0.2, 0) is 4.74 Å². The number of nitro groups is 1. The number of carbonyl (C=O) groups is 1. The molecule has 1 N–H and O–H groups in total. The summed E-state index contributed by atoms with van der Waals surface area (Å²) in [7, 11) is 0. The van der Waals surface area contributed by atoms with Crippen LogP contribution in [0.3, 0.4) is 0 Å². The van der Waals surface area contributed by atoms with Crippen molar-refractivity contribution in [2.45, 2.75) is 20.8 Å². The summed E-state index contributed by atoms with van der Waals surface area (Å²) in [6.07, 6.45) is 0. The quantitative estimate of drug-likeness (QED) is 0.390. The van der Waals surface area contributed by atoms with Gasteiger partial charge in [-0.15, -0.1) is 5.10 Å². The van der Waals surface area contributed by atoms with Crippen LogP contribution in [0, 0.1) is 17.0 Å². The summed E-state index contributed by atoms with van der Waals surface area (Å²) in [5.41, 5.74) is 2.69. The van der Waals surface area contributed by atoms with Crippen LogP contribution in [0.4, 0.5) is 5.69 Å². The second-order valence-electron chi connectivity index (χ2n) is 3.78. The number of hydrazone groups is 1. The zero-order valence-electron chi connectivity index (χ0n) is 11.0. The first-order valence-corrected chi connectivity index (χ1v) is 5.68. The molecule has 0 radical (unpaired) electrons. The van der Waals surface area contributed by atoms with Crippen LogP contribution in [-0.4, -0.2) is 23.3 Å². The Morgan fingerprint density at radius 1 is 1.53 bits per heavy atom. The largest absolute Gasteiger partial charge is 0.480 e. The molecule has 0 aromatic heterocycles. The predicted molar refractivity (Wildman–Crippen MR) is 70.0 cm³/mol. The molecule has 0 aliphatic heterocycles. The molecule has 0 fully saturated rings. The molecule has 1 rings (SSSR count). The van der Waals surface area contributed by atoms with Gasteiger partial charge in [-0.2, -0.15) is 0 Å². The van der Waals surface area contributed by atoms with Crippen LogP contribution in [0.25, 0.3) is 0 Å². The molecular formula is C12H15N3O4. The lowest BCUT2D eigenvalue weighted by molar-refractivity contribution is -0.385. The zero-order chi connectivity index (χ0) is 14.4. The third-order valence-electron chi connectivity index (χ3n) is 2.26. The standard InChI is InChI=1S/C12H15N3O4/c1-4-19-9(3)13-14-12(16)10-7-8(2)5-6-11(10)15(17)18/h5-7H,4H2,1-3H3,(H,14,16)/b13-9+. The molecule has 0 saturated heterocycles. The highest BCUT2D eigenvalue weighted by atomic mass is 16.6. The van der Waals surface area contributed by atoms with E-state index in [0.29, 0.717) is 6.61 Å². The highest BCUT2D eigenvalue weighted by Crippen LogP contribution is 2.19. The first-order valence-electron chi connectivity index (χ1n) is 5.68. The lowest BCUT2D eigenvalue weighted by Crippen LogP contribution is -2.21. The number of aryl methyl sites for hydroxylation is 1. The Bertz CT molecular complexity index is 526. The Kier molecular flexibility index (Phi) is 4.99. The first kappa shape index (κ1) is 14.6. The van der Waals surface area contributed by atoms with E-state index < -0.39 is 10.8 Å². The minimum atomic E-state index is -0.644. The van der Waals surface area contributed by atoms with Gasteiger partial charge in [-0.25, -0.2) is 5.43 Å². The molecule has 0 atom stereocenters. The van der Waals surface area contributed by atoms with E-state index in [4.69, 9.17) is 4.74 Å². The normalized spacial score (nSPS) is 11.0. The van der Waals surface area contributed by atoms with Crippen molar-refractivity contribution in [3.05, 3.63) is 39.4 Å². The van der Waals surface area contributed by atoms with Crippen molar-refractivity contribution >= 4 is 17.5 Å². The molecule has 0 aliphatic rings. The molecule has 0 unspecified atom stereocenters. The molecule has 19 heavy (non-hydrogen) atoms. The van der Waals surface area contributed by atoms with Crippen LogP contribution in [0.2, 0.25) is 0 Å². The van der Waals surface area contributed by atoms with E-state index in [1.807, 2.05) is 0 Å². The van der Waals surface area contributed by atoms with E-state index in [-0.39, 0.29) is 17.1 Å². The maximum Gasteiger partial charge on any atom is 0.282 e. The van der Waals surface area contributed by atoms with E-state index in [9.17, 15) is 14.9 Å². The van der Waals surface area contributed by atoms with Gasteiger partial charge in [-0.05, 0) is 25.5 Å².